The summed E-state index contributed by atoms with van der Waals surface area (Å²) in [6.07, 6.45) is 0.254. The van der Waals surface area contributed by atoms with Gasteiger partial charge < -0.3 is 29.5 Å². The van der Waals surface area contributed by atoms with Gasteiger partial charge >= 0.3 is 5.97 Å². The van der Waals surface area contributed by atoms with E-state index >= 15 is 0 Å². The lowest BCUT2D eigenvalue weighted by atomic mass is 9.54. The van der Waals surface area contributed by atoms with E-state index in [-0.39, 0.29) is 17.9 Å². The van der Waals surface area contributed by atoms with Gasteiger partial charge in [0, 0.05) is 17.9 Å². The first-order chi connectivity index (χ1) is 16.4. The first kappa shape index (κ1) is 26.5. The van der Waals surface area contributed by atoms with Gasteiger partial charge in [0.2, 0.25) is 0 Å². The van der Waals surface area contributed by atoms with Gasteiger partial charge in [0.25, 0.3) is 0 Å². The number of hydrogen-bond acceptors (Lipinski definition) is 8. The summed E-state index contributed by atoms with van der Waals surface area (Å²) < 4.78 is 17.6. The minimum absolute atomic E-state index is 0.0135. The van der Waals surface area contributed by atoms with Crippen LogP contribution in [0.25, 0.3) is 0 Å². The molecule has 0 spiro atoms. The molecule has 2 fully saturated rings. The Hall–Kier alpha value is -1.58. The van der Waals surface area contributed by atoms with Gasteiger partial charge in [-0.15, -0.1) is 0 Å². The van der Waals surface area contributed by atoms with E-state index in [0.717, 1.165) is 25.7 Å². The third kappa shape index (κ3) is 4.64. The zero-order chi connectivity index (χ0) is 25.7. The second-order valence-corrected chi connectivity index (χ2v) is 11.6. The van der Waals surface area contributed by atoms with Gasteiger partial charge in [-0.1, -0.05) is 38.8 Å². The third-order valence-corrected chi connectivity index (χ3v) is 8.99. The summed E-state index contributed by atoms with van der Waals surface area (Å²) in [5, 5.41) is 30.6. The summed E-state index contributed by atoms with van der Waals surface area (Å²) in [7, 11) is 0. The van der Waals surface area contributed by atoms with E-state index in [1.807, 2.05) is 0 Å². The number of carbonyl (C=O) groups excluding carboxylic acids is 2. The number of carbonyl (C=O) groups is 2. The molecular weight excluding hydrogens is 452 g/mol. The van der Waals surface area contributed by atoms with Crippen LogP contribution in [-0.2, 0) is 23.8 Å². The molecule has 1 saturated heterocycles. The average molecular weight is 493 g/mol. The van der Waals surface area contributed by atoms with Gasteiger partial charge in [-0.2, -0.15) is 0 Å². The van der Waals surface area contributed by atoms with Crippen LogP contribution in [0.1, 0.15) is 66.7 Å². The second kappa shape index (κ2) is 9.71. The maximum atomic E-state index is 12.2. The van der Waals surface area contributed by atoms with E-state index in [0.29, 0.717) is 24.2 Å². The van der Waals surface area contributed by atoms with Crippen LogP contribution in [0.3, 0.4) is 0 Å². The Morgan fingerprint density at radius 3 is 2.51 bits per heavy atom. The fourth-order valence-electron chi connectivity index (χ4n) is 6.84. The molecule has 35 heavy (non-hydrogen) atoms. The topological polar surface area (TPSA) is 123 Å². The Labute approximate surface area is 207 Å². The van der Waals surface area contributed by atoms with Gasteiger partial charge in [0.1, 0.15) is 30.7 Å². The third-order valence-electron chi connectivity index (χ3n) is 8.99. The Balaban J connectivity index is 1.80. The minimum Gasteiger partial charge on any atom is -0.458 e. The van der Waals surface area contributed by atoms with Crippen LogP contribution in [0.4, 0.5) is 0 Å². The summed E-state index contributed by atoms with van der Waals surface area (Å²) in [6, 6.07) is 0. The fourth-order valence-corrected chi connectivity index (χ4v) is 6.84. The molecule has 0 amide bonds. The molecule has 0 aromatic rings. The van der Waals surface area contributed by atoms with E-state index in [4.69, 9.17) is 14.2 Å². The second-order valence-electron chi connectivity index (χ2n) is 11.6. The van der Waals surface area contributed by atoms with Crippen LogP contribution in [0, 0.1) is 22.7 Å². The Bertz CT molecular complexity index is 909. The number of hydrogen-bond donors (Lipinski definition) is 3. The molecule has 0 aromatic carbocycles. The van der Waals surface area contributed by atoms with Crippen LogP contribution >= 0.6 is 0 Å². The standard InChI is InChI=1S/C27H40O8/c1-14(2)17-6-7-26(4)8-9-27(5)18(22(17)26)11-20(34-15(3)29)16(12-28)10-21(27)35-25-24(32)23(31)19(30)13-33-25/h10,12,14,18-21,23-25,30-32H,6-9,11,13H2,1-5H3/t18?,19-,20-,21+,23+,24-,25+,26-,27-/m1/s1. The molecule has 196 valence electrons. The van der Waals surface area contributed by atoms with Crippen LogP contribution < -0.4 is 0 Å². The zero-order valence-corrected chi connectivity index (χ0v) is 21.4. The highest BCUT2D eigenvalue weighted by atomic mass is 16.7. The molecule has 9 atom stereocenters. The Morgan fingerprint density at radius 1 is 1.17 bits per heavy atom. The molecular formula is C27H40O8. The van der Waals surface area contributed by atoms with Crippen LogP contribution in [-0.4, -0.2) is 71.0 Å². The molecule has 0 aromatic heterocycles. The number of aldehydes is 1. The van der Waals surface area contributed by atoms with Crippen molar-refractivity contribution in [3.63, 3.8) is 0 Å². The predicted octanol–water partition coefficient (Wildman–Crippen LogP) is 2.44. The number of allylic oxidation sites excluding steroid dienone is 2. The van der Waals surface area contributed by atoms with E-state index < -0.39 is 48.2 Å². The average Bonchev–Trinajstić information content (AvgIpc) is 3.10. The molecule has 0 bridgehead atoms. The van der Waals surface area contributed by atoms with Gasteiger partial charge in [0.15, 0.2) is 6.29 Å². The molecule has 1 aliphatic heterocycles. The normalized spacial score (nSPS) is 43.8. The van der Waals surface area contributed by atoms with Crippen LogP contribution in [0.5, 0.6) is 0 Å². The maximum Gasteiger partial charge on any atom is 0.303 e. The van der Waals surface area contributed by atoms with Crippen molar-refractivity contribution in [3.8, 4) is 0 Å². The molecule has 8 nitrogen and oxygen atoms in total. The SMILES string of the molecule is CC(=O)O[C@@H]1CC2C3=C(C(C)C)CC[C@]3(C)CC[C@@]2(C)[C@@H](O[C@@H]2OC[C@@H](O)[C@H](O)[C@H]2O)C=C1C=O. The van der Waals surface area contributed by atoms with Crippen molar-refractivity contribution >= 4 is 12.3 Å². The first-order valence-corrected chi connectivity index (χ1v) is 12.8. The Morgan fingerprint density at radius 2 is 1.89 bits per heavy atom. The number of fused-ring (bicyclic) bond motifs is 3. The molecule has 1 saturated carbocycles. The van der Waals surface area contributed by atoms with Crippen molar-refractivity contribution in [2.45, 2.75) is 104 Å². The van der Waals surface area contributed by atoms with E-state index in [1.54, 1.807) is 6.08 Å². The molecule has 1 heterocycles. The number of aliphatic hydroxyl groups excluding tert-OH is 3. The smallest absolute Gasteiger partial charge is 0.303 e. The molecule has 4 rings (SSSR count). The van der Waals surface area contributed by atoms with Crippen molar-refractivity contribution in [3.05, 3.63) is 22.8 Å². The number of rotatable bonds is 5. The summed E-state index contributed by atoms with van der Waals surface area (Å²) in [6.45, 7) is 10.1. The predicted molar refractivity (Wildman–Crippen MR) is 127 cm³/mol. The summed E-state index contributed by atoms with van der Waals surface area (Å²) >= 11 is 0. The minimum atomic E-state index is -1.44. The van der Waals surface area contributed by atoms with Gasteiger partial charge in [0.05, 0.1) is 12.7 Å². The zero-order valence-electron chi connectivity index (χ0n) is 21.4. The van der Waals surface area contributed by atoms with Gasteiger partial charge in [-0.3, -0.25) is 9.59 Å². The molecule has 1 unspecified atom stereocenters. The summed E-state index contributed by atoms with van der Waals surface area (Å²) in [5.41, 5.74) is 2.74. The van der Waals surface area contributed by atoms with Crippen molar-refractivity contribution in [1.82, 2.24) is 0 Å². The van der Waals surface area contributed by atoms with Gasteiger partial charge in [-0.25, -0.2) is 0 Å². The number of ether oxygens (including phenoxy) is 3. The van der Waals surface area contributed by atoms with Crippen LogP contribution in [0.15, 0.2) is 22.8 Å². The molecule has 3 N–H and O–H groups in total. The van der Waals surface area contributed by atoms with Crippen molar-refractivity contribution in [2.24, 2.45) is 22.7 Å². The molecule has 3 aliphatic carbocycles. The lowest BCUT2D eigenvalue weighted by Gasteiger charge is -2.53. The molecule has 0 radical (unpaired) electrons. The number of esters is 1. The van der Waals surface area contributed by atoms with E-state index in [1.165, 1.54) is 18.1 Å². The van der Waals surface area contributed by atoms with Crippen LogP contribution in [0.2, 0.25) is 0 Å². The summed E-state index contributed by atoms with van der Waals surface area (Å²) in [5.74, 6) is -0.0851. The highest BCUT2D eigenvalue weighted by Crippen LogP contribution is 2.63. The number of aliphatic hydroxyl groups is 3. The van der Waals surface area contributed by atoms with Gasteiger partial charge in [-0.05, 0) is 55.4 Å². The quantitative estimate of drug-likeness (QED) is 0.304. The fraction of sp³-hybridized carbons (Fsp3) is 0.778. The van der Waals surface area contributed by atoms with Crippen molar-refractivity contribution < 1.29 is 39.1 Å². The van der Waals surface area contributed by atoms with E-state index in [2.05, 4.69) is 27.7 Å². The first-order valence-electron chi connectivity index (χ1n) is 12.8. The monoisotopic (exact) mass is 492 g/mol. The highest BCUT2D eigenvalue weighted by Gasteiger charge is 2.57. The highest BCUT2D eigenvalue weighted by molar-refractivity contribution is 5.77. The lowest BCUT2D eigenvalue weighted by molar-refractivity contribution is -0.289. The molecule has 4 aliphatic rings. The van der Waals surface area contributed by atoms with E-state index in [9.17, 15) is 24.9 Å². The summed E-state index contributed by atoms with van der Waals surface area (Å²) in [4.78, 5) is 24.2. The Kier molecular flexibility index (Phi) is 7.34. The maximum absolute atomic E-state index is 12.2. The van der Waals surface area contributed by atoms with Crippen molar-refractivity contribution in [1.29, 1.82) is 0 Å². The lowest BCUT2D eigenvalue weighted by Crippen LogP contribution is -2.56. The largest absolute Gasteiger partial charge is 0.458 e. The molecule has 8 heteroatoms. The van der Waals surface area contributed by atoms with Crippen molar-refractivity contribution in [2.75, 3.05) is 6.61 Å².